The molecule has 1 aromatic carbocycles. The molecular weight excluding hydrogens is 193 g/mol. The molecule has 4 heteroatoms. The van der Waals surface area contributed by atoms with Crippen molar-refractivity contribution < 1.29 is 18.3 Å². The van der Waals surface area contributed by atoms with E-state index in [9.17, 15) is 13.2 Å². The van der Waals surface area contributed by atoms with Gasteiger partial charge in [-0.25, -0.2) is 0 Å². The van der Waals surface area contributed by atoms with E-state index in [1.807, 2.05) is 0 Å². The van der Waals surface area contributed by atoms with Crippen molar-refractivity contribution in [1.29, 1.82) is 0 Å². The molecule has 0 bridgehead atoms. The van der Waals surface area contributed by atoms with Crippen LogP contribution in [0.4, 0.5) is 13.2 Å². The van der Waals surface area contributed by atoms with Gasteiger partial charge in [0.15, 0.2) is 0 Å². The second-order valence-corrected chi connectivity index (χ2v) is 2.84. The molecule has 0 aliphatic heterocycles. The third-order valence-electron chi connectivity index (χ3n) is 1.81. The van der Waals surface area contributed by atoms with Crippen LogP contribution in [0.3, 0.4) is 0 Å². The lowest BCUT2D eigenvalue weighted by molar-refractivity contribution is -0.137. The number of aliphatic hydroxyl groups excluding tert-OH is 1. The fourth-order valence-electron chi connectivity index (χ4n) is 0.986. The molecule has 0 atom stereocenters. The summed E-state index contributed by atoms with van der Waals surface area (Å²) >= 11 is 0. The van der Waals surface area contributed by atoms with Crippen LogP contribution in [0.5, 0.6) is 0 Å². The molecule has 1 aromatic rings. The van der Waals surface area contributed by atoms with E-state index in [0.29, 0.717) is 11.1 Å². The standard InChI is InChI=1S/C10H9F3O/c1-7(6-14)8-2-4-9(5-3-8)10(11,12)13/h2-5,14H,1,6H2. The second kappa shape index (κ2) is 3.84. The van der Waals surface area contributed by atoms with Crippen LogP contribution in [-0.4, -0.2) is 11.7 Å². The summed E-state index contributed by atoms with van der Waals surface area (Å²) in [6.45, 7) is 3.25. The largest absolute Gasteiger partial charge is 0.416 e. The topological polar surface area (TPSA) is 20.2 Å². The SMILES string of the molecule is C=C(CO)c1ccc(C(F)(F)F)cc1. The van der Waals surface area contributed by atoms with Gasteiger partial charge in [-0.2, -0.15) is 13.2 Å². The van der Waals surface area contributed by atoms with Crippen molar-refractivity contribution in [2.24, 2.45) is 0 Å². The van der Waals surface area contributed by atoms with Gasteiger partial charge in [0.05, 0.1) is 12.2 Å². The summed E-state index contributed by atoms with van der Waals surface area (Å²) in [7, 11) is 0. The van der Waals surface area contributed by atoms with E-state index >= 15 is 0 Å². The number of rotatable bonds is 2. The summed E-state index contributed by atoms with van der Waals surface area (Å²) in [5.41, 5.74) is 0.214. The van der Waals surface area contributed by atoms with E-state index in [-0.39, 0.29) is 6.61 Å². The molecule has 14 heavy (non-hydrogen) atoms. The number of halogens is 3. The lowest BCUT2D eigenvalue weighted by atomic mass is 10.1. The summed E-state index contributed by atoms with van der Waals surface area (Å²) < 4.78 is 36.4. The highest BCUT2D eigenvalue weighted by molar-refractivity contribution is 5.64. The van der Waals surface area contributed by atoms with Gasteiger partial charge >= 0.3 is 6.18 Å². The predicted molar refractivity (Wildman–Crippen MR) is 47.6 cm³/mol. The van der Waals surface area contributed by atoms with Crippen LogP contribution in [0.2, 0.25) is 0 Å². The second-order valence-electron chi connectivity index (χ2n) is 2.84. The van der Waals surface area contributed by atoms with Crippen LogP contribution in [0.15, 0.2) is 30.8 Å². The van der Waals surface area contributed by atoms with Gasteiger partial charge < -0.3 is 5.11 Å². The highest BCUT2D eigenvalue weighted by Gasteiger charge is 2.29. The molecular formula is C10H9F3O. The van der Waals surface area contributed by atoms with Gasteiger partial charge in [-0.3, -0.25) is 0 Å². The zero-order valence-electron chi connectivity index (χ0n) is 7.30. The third kappa shape index (κ3) is 2.35. The molecule has 0 radical (unpaired) electrons. The zero-order chi connectivity index (χ0) is 10.8. The minimum absolute atomic E-state index is 0.259. The number of hydrogen-bond donors (Lipinski definition) is 1. The van der Waals surface area contributed by atoms with E-state index in [1.54, 1.807) is 0 Å². The first kappa shape index (κ1) is 10.8. The van der Waals surface area contributed by atoms with Crippen molar-refractivity contribution in [3.8, 4) is 0 Å². The quantitative estimate of drug-likeness (QED) is 0.781. The molecule has 0 spiro atoms. The minimum Gasteiger partial charge on any atom is -0.392 e. The molecule has 0 fully saturated rings. The normalized spacial score (nSPS) is 11.4. The summed E-state index contributed by atoms with van der Waals surface area (Å²) in [6.07, 6.45) is -4.32. The Labute approximate surface area is 79.5 Å². The van der Waals surface area contributed by atoms with Crippen LogP contribution in [0.25, 0.3) is 5.57 Å². The molecule has 0 aliphatic carbocycles. The summed E-state index contributed by atoms with van der Waals surface area (Å²) in [4.78, 5) is 0. The molecule has 1 nitrogen and oxygen atoms in total. The van der Waals surface area contributed by atoms with Crippen molar-refractivity contribution in [1.82, 2.24) is 0 Å². The lowest BCUT2D eigenvalue weighted by Gasteiger charge is -2.07. The van der Waals surface area contributed by atoms with Crippen LogP contribution in [-0.2, 0) is 6.18 Å². The maximum absolute atomic E-state index is 12.1. The van der Waals surface area contributed by atoms with E-state index in [0.717, 1.165) is 12.1 Å². The molecule has 1 rings (SSSR count). The van der Waals surface area contributed by atoms with E-state index in [2.05, 4.69) is 6.58 Å². The average Bonchev–Trinajstić information content (AvgIpc) is 2.15. The molecule has 0 aliphatic rings. The van der Waals surface area contributed by atoms with E-state index < -0.39 is 11.7 Å². The first-order chi connectivity index (χ1) is 6.45. The van der Waals surface area contributed by atoms with E-state index in [1.165, 1.54) is 12.1 Å². The maximum atomic E-state index is 12.1. The molecule has 0 amide bonds. The van der Waals surface area contributed by atoms with Gasteiger partial charge in [0, 0.05) is 0 Å². The van der Waals surface area contributed by atoms with Gasteiger partial charge in [0.1, 0.15) is 0 Å². The van der Waals surface area contributed by atoms with Crippen LogP contribution in [0.1, 0.15) is 11.1 Å². The Morgan fingerprint density at radius 2 is 1.71 bits per heavy atom. The lowest BCUT2D eigenvalue weighted by Crippen LogP contribution is -2.04. The number of hydrogen-bond acceptors (Lipinski definition) is 1. The molecule has 0 saturated carbocycles. The number of alkyl halides is 3. The van der Waals surface area contributed by atoms with Gasteiger partial charge in [-0.05, 0) is 23.3 Å². The Balaban J connectivity index is 2.95. The molecule has 0 unspecified atom stereocenters. The van der Waals surface area contributed by atoms with Gasteiger partial charge in [0.25, 0.3) is 0 Å². The van der Waals surface area contributed by atoms with Crippen molar-refractivity contribution in [3.05, 3.63) is 42.0 Å². The highest BCUT2D eigenvalue weighted by atomic mass is 19.4. The maximum Gasteiger partial charge on any atom is 0.416 e. The number of benzene rings is 1. The average molecular weight is 202 g/mol. The molecule has 0 aromatic heterocycles. The van der Waals surface area contributed by atoms with Crippen LogP contribution in [0, 0.1) is 0 Å². The molecule has 1 N–H and O–H groups in total. The number of aliphatic hydroxyl groups is 1. The van der Waals surface area contributed by atoms with Gasteiger partial charge in [-0.1, -0.05) is 18.7 Å². The van der Waals surface area contributed by atoms with Crippen molar-refractivity contribution in [2.45, 2.75) is 6.18 Å². The molecule has 76 valence electrons. The smallest absolute Gasteiger partial charge is 0.392 e. The summed E-state index contributed by atoms with van der Waals surface area (Å²) in [5.74, 6) is 0. The molecule has 0 saturated heterocycles. The van der Waals surface area contributed by atoms with Gasteiger partial charge in [-0.15, -0.1) is 0 Å². The molecule has 0 heterocycles. The minimum atomic E-state index is -4.32. The Kier molecular flexibility index (Phi) is 2.96. The monoisotopic (exact) mass is 202 g/mol. The summed E-state index contributed by atoms with van der Waals surface area (Å²) in [5, 5.41) is 8.70. The fourth-order valence-corrected chi connectivity index (χ4v) is 0.986. The van der Waals surface area contributed by atoms with Crippen LogP contribution < -0.4 is 0 Å². The van der Waals surface area contributed by atoms with E-state index in [4.69, 9.17) is 5.11 Å². The van der Waals surface area contributed by atoms with Gasteiger partial charge in [0.2, 0.25) is 0 Å². The predicted octanol–water partition coefficient (Wildman–Crippen LogP) is 2.71. The highest BCUT2D eigenvalue weighted by Crippen LogP contribution is 2.29. The summed E-state index contributed by atoms with van der Waals surface area (Å²) in [6, 6.07) is 4.52. The van der Waals surface area contributed by atoms with Crippen molar-refractivity contribution >= 4 is 5.57 Å². The Morgan fingerprint density at radius 1 is 1.21 bits per heavy atom. The van der Waals surface area contributed by atoms with Crippen molar-refractivity contribution in [2.75, 3.05) is 6.61 Å². The zero-order valence-corrected chi connectivity index (χ0v) is 7.30. The van der Waals surface area contributed by atoms with Crippen molar-refractivity contribution in [3.63, 3.8) is 0 Å². The van der Waals surface area contributed by atoms with Crippen LogP contribution >= 0.6 is 0 Å². The Bertz CT molecular complexity index is 324. The fraction of sp³-hybridized carbons (Fsp3) is 0.200. The first-order valence-corrected chi connectivity index (χ1v) is 3.91. The Morgan fingerprint density at radius 3 is 2.07 bits per heavy atom. The third-order valence-corrected chi connectivity index (χ3v) is 1.81. The first-order valence-electron chi connectivity index (χ1n) is 3.91. The Hall–Kier alpha value is -1.29.